The summed E-state index contributed by atoms with van der Waals surface area (Å²) < 4.78 is 4.38. The highest BCUT2D eigenvalue weighted by molar-refractivity contribution is 5.85. The van der Waals surface area contributed by atoms with Gasteiger partial charge in [0.1, 0.15) is 5.82 Å². The second kappa shape index (κ2) is 6.86. The number of aryl methyl sites for hydroxylation is 2. The Kier molecular flexibility index (Phi) is 5.28. The summed E-state index contributed by atoms with van der Waals surface area (Å²) in [7, 11) is 4.99. The van der Waals surface area contributed by atoms with Crippen LogP contribution < -0.4 is 16.6 Å². The van der Waals surface area contributed by atoms with Crippen LogP contribution in [0.1, 0.15) is 5.82 Å². The van der Waals surface area contributed by atoms with E-state index in [2.05, 4.69) is 15.2 Å². The Labute approximate surface area is 140 Å². The first-order valence-corrected chi connectivity index (χ1v) is 7.55. The maximum absolute atomic E-state index is 12.3. The van der Waals surface area contributed by atoms with Gasteiger partial charge in [0.05, 0.1) is 0 Å². The predicted molar refractivity (Wildman–Crippen MR) is 91.5 cm³/mol. The number of piperazine rings is 1. The number of rotatable bonds is 3. The molecule has 9 heteroatoms. The van der Waals surface area contributed by atoms with Crippen molar-refractivity contribution in [2.75, 3.05) is 32.7 Å². The molecule has 2 aromatic rings. The molecule has 0 bridgehead atoms. The summed E-state index contributed by atoms with van der Waals surface area (Å²) >= 11 is 0. The number of nitrogens with zero attached hydrogens (tertiary/aromatic N) is 5. The van der Waals surface area contributed by atoms with E-state index in [4.69, 9.17) is 0 Å². The SMILES string of the molecule is Cl.Cn1c(=O)c2c(nc(CCN3CCNCC3)n2C)n(C)c1=O. The van der Waals surface area contributed by atoms with Crippen molar-refractivity contribution in [2.45, 2.75) is 6.42 Å². The number of fused-ring (bicyclic) bond motifs is 1. The fourth-order valence-corrected chi connectivity index (χ4v) is 2.98. The van der Waals surface area contributed by atoms with Crippen LogP contribution in [0.4, 0.5) is 0 Å². The quantitative estimate of drug-likeness (QED) is 0.761. The molecular formula is C14H23ClN6O2. The van der Waals surface area contributed by atoms with Crippen molar-refractivity contribution in [1.29, 1.82) is 0 Å². The summed E-state index contributed by atoms with van der Waals surface area (Å²) in [6.45, 7) is 5.00. The van der Waals surface area contributed by atoms with Crippen LogP contribution in [0.25, 0.3) is 11.2 Å². The van der Waals surface area contributed by atoms with Crippen molar-refractivity contribution in [3.8, 4) is 0 Å². The average Bonchev–Trinajstić information content (AvgIpc) is 2.87. The third-order valence-corrected chi connectivity index (χ3v) is 4.43. The van der Waals surface area contributed by atoms with Gasteiger partial charge in [0.15, 0.2) is 11.2 Å². The van der Waals surface area contributed by atoms with E-state index in [1.165, 1.54) is 11.6 Å². The minimum absolute atomic E-state index is 0. The Hall–Kier alpha value is -1.64. The lowest BCUT2D eigenvalue weighted by molar-refractivity contribution is 0.242. The van der Waals surface area contributed by atoms with Gasteiger partial charge in [-0.05, 0) is 0 Å². The van der Waals surface area contributed by atoms with Crippen LogP contribution >= 0.6 is 12.4 Å². The molecule has 23 heavy (non-hydrogen) atoms. The molecule has 1 saturated heterocycles. The summed E-state index contributed by atoms with van der Waals surface area (Å²) in [4.78, 5) is 31.2. The van der Waals surface area contributed by atoms with E-state index < -0.39 is 0 Å². The zero-order valence-electron chi connectivity index (χ0n) is 13.7. The Morgan fingerprint density at radius 2 is 1.70 bits per heavy atom. The predicted octanol–water partition coefficient (Wildman–Crippen LogP) is -1.16. The van der Waals surface area contributed by atoms with Crippen molar-refractivity contribution >= 4 is 23.6 Å². The molecule has 0 spiro atoms. The number of nitrogens with one attached hydrogen (secondary N) is 1. The molecule has 0 aliphatic carbocycles. The summed E-state index contributed by atoms with van der Waals surface area (Å²) in [6.07, 6.45) is 0.766. The Morgan fingerprint density at radius 3 is 2.35 bits per heavy atom. The first-order valence-electron chi connectivity index (χ1n) is 7.55. The van der Waals surface area contributed by atoms with Gasteiger partial charge < -0.3 is 14.8 Å². The summed E-state index contributed by atoms with van der Waals surface area (Å²) in [5, 5.41) is 3.33. The van der Waals surface area contributed by atoms with Crippen molar-refractivity contribution in [3.05, 3.63) is 26.7 Å². The molecule has 0 radical (unpaired) electrons. The topological polar surface area (TPSA) is 77.1 Å². The highest BCUT2D eigenvalue weighted by Crippen LogP contribution is 2.10. The average molecular weight is 343 g/mol. The van der Waals surface area contributed by atoms with Crippen LogP contribution in [0.3, 0.4) is 0 Å². The standard InChI is InChI=1S/C14H22N6O2.ClH/c1-17-10(4-7-20-8-5-15-6-9-20)16-12-11(17)13(21)19(3)14(22)18(12)2;/h15H,4-9H2,1-3H3;1H. The molecule has 128 valence electrons. The molecule has 0 saturated carbocycles. The highest BCUT2D eigenvalue weighted by Gasteiger charge is 2.17. The first-order chi connectivity index (χ1) is 10.5. The van der Waals surface area contributed by atoms with E-state index in [9.17, 15) is 9.59 Å². The van der Waals surface area contributed by atoms with Crippen LogP contribution in [0.5, 0.6) is 0 Å². The molecule has 1 aliphatic rings. The summed E-state index contributed by atoms with van der Waals surface area (Å²) in [5.41, 5.74) is 0.316. The highest BCUT2D eigenvalue weighted by atomic mass is 35.5. The van der Waals surface area contributed by atoms with Crippen LogP contribution in [0.15, 0.2) is 9.59 Å². The van der Waals surface area contributed by atoms with Crippen LogP contribution in [0, 0.1) is 0 Å². The monoisotopic (exact) mass is 342 g/mol. The molecule has 0 atom stereocenters. The van der Waals surface area contributed by atoms with Crippen LogP contribution in [0.2, 0.25) is 0 Å². The number of hydrogen-bond acceptors (Lipinski definition) is 5. The molecule has 1 aliphatic heterocycles. The van der Waals surface area contributed by atoms with Gasteiger partial charge in [-0.2, -0.15) is 0 Å². The molecule has 2 aromatic heterocycles. The van der Waals surface area contributed by atoms with Gasteiger partial charge in [-0.15, -0.1) is 12.4 Å². The zero-order valence-corrected chi connectivity index (χ0v) is 14.5. The lowest BCUT2D eigenvalue weighted by atomic mass is 10.3. The molecular weight excluding hydrogens is 320 g/mol. The Bertz CT molecular complexity index is 815. The van der Waals surface area contributed by atoms with Crippen molar-refractivity contribution < 1.29 is 0 Å². The molecule has 0 unspecified atom stereocenters. The third-order valence-electron chi connectivity index (χ3n) is 4.43. The van der Waals surface area contributed by atoms with Gasteiger partial charge in [-0.3, -0.25) is 13.9 Å². The minimum atomic E-state index is -0.343. The second-order valence-corrected chi connectivity index (χ2v) is 5.81. The Balaban J connectivity index is 0.00000192. The van der Waals surface area contributed by atoms with E-state index in [1.807, 2.05) is 11.6 Å². The third kappa shape index (κ3) is 3.06. The van der Waals surface area contributed by atoms with Gasteiger partial charge >= 0.3 is 5.69 Å². The van der Waals surface area contributed by atoms with E-state index in [0.717, 1.165) is 49.5 Å². The van der Waals surface area contributed by atoms with Crippen molar-refractivity contribution in [3.63, 3.8) is 0 Å². The number of imidazole rings is 1. The maximum Gasteiger partial charge on any atom is 0.332 e. The van der Waals surface area contributed by atoms with Crippen molar-refractivity contribution in [2.24, 2.45) is 21.1 Å². The lowest BCUT2D eigenvalue weighted by Crippen LogP contribution is -2.44. The minimum Gasteiger partial charge on any atom is -0.325 e. The number of aromatic nitrogens is 4. The smallest absolute Gasteiger partial charge is 0.325 e. The molecule has 1 fully saturated rings. The van der Waals surface area contributed by atoms with E-state index in [1.54, 1.807) is 7.05 Å². The van der Waals surface area contributed by atoms with Gasteiger partial charge in [-0.1, -0.05) is 0 Å². The largest absolute Gasteiger partial charge is 0.332 e. The van der Waals surface area contributed by atoms with Crippen LogP contribution in [-0.2, 0) is 27.6 Å². The fraction of sp³-hybridized carbons (Fsp3) is 0.643. The number of hydrogen-bond donors (Lipinski definition) is 1. The van der Waals surface area contributed by atoms with Crippen LogP contribution in [-0.4, -0.2) is 56.3 Å². The summed E-state index contributed by atoms with van der Waals surface area (Å²) in [6, 6.07) is 0. The molecule has 3 heterocycles. The second-order valence-electron chi connectivity index (χ2n) is 5.81. The maximum atomic E-state index is 12.3. The fourth-order valence-electron chi connectivity index (χ4n) is 2.98. The first kappa shape index (κ1) is 17.7. The zero-order chi connectivity index (χ0) is 15.9. The number of halogens is 1. The van der Waals surface area contributed by atoms with E-state index in [-0.39, 0.29) is 23.7 Å². The summed E-state index contributed by atoms with van der Waals surface area (Å²) in [5.74, 6) is 0.840. The molecule has 3 rings (SSSR count). The van der Waals surface area contributed by atoms with E-state index >= 15 is 0 Å². The molecule has 0 amide bonds. The molecule has 1 N–H and O–H groups in total. The molecule has 0 aromatic carbocycles. The normalized spacial score (nSPS) is 15.8. The van der Waals surface area contributed by atoms with Gasteiger partial charge in [0, 0.05) is 60.3 Å². The lowest BCUT2D eigenvalue weighted by Gasteiger charge is -2.26. The van der Waals surface area contributed by atoms with Gasteiger partial charge in [0.25, 0.3) is 5.56 Å². The Morgan fingerprint density at radius 1 is 1.04 bits per heavy atom. The van der Waals surface area contributed by atoms with E-state index in [0.29, 0.717) is 11.2 Å². The molecule has 8 nitrogen and oxygen atoms in total. The van der Waals surface area contributed by atoms with Crippen molar-refractivity contribution in [1.82, 2.24) is 28.9 Å². The van der Waals surface area contributed by atoms with Gasteiger partial charge in [-0.25, -0.2) is 9.78 Å². The van der Waals surface area contributed by atoms with Gasteiger partial charge in [0.2, 0.25) is 0 Å².